The van der Waals surface area contributed by atoms with Gasteiger partial charge >= 0.3 is 0 Å². The zero-order chi connectivity index (χ0) is 12.1. The van der Waals surface area contributed by atoms with E-state index in [0.717, 1.165) is 12.0 Å². The molecule has 0 saturated heterocycles. The number of rotatable bonds is 5. The molecule has 4 heteroatoms. The van der Waals surface area contributed by atoms with E-state index in [-0.39, 0.29) is 11.9 Å². The lowest BCUT2D eigenvalue weighted by Gasteiger charge is -2.19. The highest BCUT2D eigenvalue weighted by Crippen LogP contribution is 2.26. The molecule has 1 unspecified atom stereocenters. The van der Waals surface area contributed by atoms with E-state index in [0.29, 0.717) is 17.7 Å². The first-order valence-corrected chi connectivity index (χ1v) is 5.26. The molecule has 0 radical (unpaired) electrons. The van der Waals surface area contributed by atoms with Crippen LogP contribution in [0.15, 0.2) is 30.4 Å². The number of anilines is 1. The van der Waals surface area contributed by atoms with E-state index in [1.54, 1.807) is 6.07 Å². The number of hydrazine groups is 1. The standard InChI is InChI=1S/C12H18FN3/c1-3-8(2)6-12(16-15)10-7-9(13)4-5-11(10)14/h4-5,7,12,16H,2-3,6,14-15H2,1H3. The highest BCUT2D eigenvalue weighted by Gasteiger charge is 2.14. The smallest absolute Gasteiger partial charge is 0.123 e. The van der Waals surface area contributed by atoms with Gasteiger partial charge in [0.1, 0.15) is 5.82 Å². The Bertz CT molecular complexity index is 377. The van der Waals surface area contributed by atoms with Crippen molar-refractivity contribution in [1.29, 1.82) is 0 Å². The molecule has 1 aromatic carbocycles. The van der Waals surface area contributed by atoms with Crippen LogP contribution in [0.3, 0.4) is 0 Å². The van der Waals surface area contributed by atoms with Crippen molar-refractivity contribution in [2.24, 2.45) is 5.84 Å². The Kier molecular flexibility index (Phi) is 4.46. The highest BCUT2D eigenvalue weighted by molar-refractivity contribution is 5.48. The lowest BCUT2D eigenvalue weighted by atomic mass is 9.97. The summed E-state index contributed by atoms with van der Waals surface area (Å²) in [5, 5.41) is 0. The number of nitrogens with one attached hydrogen (secondary N) is 1. The van der Waals surface area contributed by atoms with Gasteiger partial charge in [0.25, 0.3) is 0 Å². The monoisotopic (exact) mass is 223 g/mol. The van der Waals surface area contributed by atoms with Crippen LogP contribution < -0.4 is 17.0 Å². The number of nitrogens with two attached hydrogens (primary N) is 2. The van der Waals surface area contributed by atoms with Crippen molar-refractivity contribution in [3.63, 3.8) is 0 Å². The number of halogens is 1. The van der Waals surface area contributed by atoms with Crippen LogP contribution in [-0.4, -0.2) is 0 Å². The molecule has 0 fully saturated rings. The quantitative estimate of drug-likeness (QED) is 0.310. The molecular formula is C12H18FN3. The molecule has 0 saturated carbocycles. The summed E-state index contributed by atoms with van der Waals surface area (Å²) >= 11 is 0. The number of hydrogen-bond donors (Lipinski definition) is 3. The Morgan fingerprint density at radius 1 is 1.56 bits per heavy atom. The molecule has 0 heterocycles. The number of nitrogen functional groups attached to an aromatic ring is 1. The highest BCUT2D eigenvalue weighted by atomic mass is 19.1. The van der Waals surface area contributed by atoms with Crippen molar-refractivity contribution < 1.29 is 4.39 Å². The fourth-order valence-electron chi connectivity index (χ4n) is 1.54. The number of benzene rings is 1. The van der Waals surface area contributed by atoms with E-state index in [1.165, 1.54) is 12.1 Å². The van der Waals surface area contributed by atoms with Crippen molar-refractivity contribution in [2.45, 2.75) is 25.8 Å². The van der Waals surface area contributed by atoms with Gasteiger partial charge in [-0.15, -0.1) is 0 Å². The average molecular weight is 223 g/mol. The predicted octanol–water partition coefficient (Wildman–Crippen LogP) is 2.27. The fraction of sp³-hybridized carbons (Fsp3) is 0.333. The summed E-state index contributed by atoms with van der Waals surface area (Å²) in [5.41, 5.74) is 10.7. The van der Waals surface area contributed by atoms with E-state index in [2.05, 4.69) is 12.0 Å². The Morgan fingerprint density at radius 3 is 2.81 bits per heavy atom. The van der Waals surface area contributed by atoms with Crippen molar-refractivity contribution in [3.8, 4) is 0 Å². The molecule has 88 valence electrons. The maximum absolute atomic E-state index is 13.1. The molecule has 1 rings (SSSR count). The molecule has 16 heavy (non-hydrogen) atoms. The molecule has 0 spiro atoms. The van der Waals surface area contributed by atoms with E-state index in [9.17, 15) is 4.39 Å². The van der Waals surface area contributed by atoms with Gasteiger partial charge in [-0.1, -0.05) is 19.1 Å². The largest absolute Gasteiger partial charge is 0.398 e. The van der Waals surface area contributed by atoms with Gasteiger partial charge < -0.3 is 5.73 Å². The normalized spacial score (nSPS) is 12.4. The van der Waals surface area contributed by atoms with Gasteiger partial charge in [0.15, 0.2) is 0 Å². The first kappa shape index (κ1) is 12.7. The second kappa shape index (κ2) is 5.63. The zero-order valence-electron chi connectivity index (χ0n) is 9.46. The molecule has 0 bridgehead atoms. The Hall–Kier alpha value is -1.39. The van der Waals surface area contributed by atoms with E-state index in [1.807, 2.05) is 6.92 Å². The SMILES string of the molecule is C=C(CC)CC(NN)c1cc(F)ccc1N. The third kappa shape index (κ3) is 3.05. The lowest BCUT2D eigenvalue weighted by molar-refractivity contribution is 0.540. The maximum atomic E-state index is 13.1. The third-order valence-electron chi connectivity index (χ3n) is 2.62. The summed E-state index contributed by atoms with van der Waals surface area (Å²) in [4.78, 5) is 0. The molecule has 0 aliphatic carbocycles. The molecule has 3 nitrogen and oxygen atoms in total. The second-order valence-corrected chi connectivity index (χ2v) is 3.80. The summed E-state index contributed by atoms with van der Waals surface area (Å²) < 4.78 is 13.1. The van der Waals surface area contributed by atoms with Gasteiger partial charge in [-0.2, -0.15) is 0 Å². The van der Waals surface area contributed by atoms with Crippen LogP contribution >= 0.6 is 0 Å². The van der Waals surface area contributed by atoms with Gasteiger partial charge in [0.2, 0.25) is 0 Å². The molecule has 0 amide bonds. The maximum Gasteiger partial charge on any atom is 0.123 e. The first-order chi connectivity index (χ1) is 7.58. The van der Waals surface area contributed by atoms with E-state index >= 15 is 0 Å². The Labute approximate surface area is 95.3 Å². The summed E-state index contributed by atoms with van der Waals surface area (Å²) in [6.07, 6.45) is 1.52. The van der Waals surface area contributed by atoms with Crippen LogP contribution in [0.5, 0.6) is 0 Å². The summed E-state index contributed by atoms with van der Waals surface area (Å²) in [6.45, 7) is 5.93. The van der Waals surface area contributed by atoms with Crippen molar-refractivity contribution in [3.05, 3.63) is 41.7 Å². The van der Waals surface area contributed by atoms with Crippen molar-refractivity contribution in [1.82, 2.24) is 5.43 Å². The van der Waals surface area contributed by atoms with Gasteiger partial charge in [-0.25, -0.2) is 4.39 Å². The minimum atomic E-state index is -0.313. The van der Waals surface area contributed by atoms with Gasteiger partial charge in [0.05, 0.1) is 6.04 Å². The average Bonchev–Trinajstić information content (AvgIpc) is 2.29. The molecule has 0 aliphatic rings. The van der Waals surface area contributed by atoms with Gasteiger partial charge in [-0.05, 0) is 36.6 Å². The molecular weight excluding hydrogens is 205 g/mol. The van der Waals surface area contributed by atoms with Crippen LogP contribution in [-0.2, 0) is 0 Å². The molecule has 1 atom stereocenters. The van der Waals surface area contributed by atoms with Gasteiger partial charge in [-0.3, -0.25) is 11.3 Å². The fourth-order valence-corrected chi connectivity index (χ4v) is 1.54. The minimum absolute atomic E-state index is 0.192. The van der Waals surface area contributed by atoms with Crippen LogP contribution in [0, 0.1) is 5.82 Å². The van der Waals surface area contributed by atoms with Crippen LogP contribution in [0.4, 0.5) is 10.1 Å². The van der Waals surface area contributed by atoms with Crippen molar-refractivity contribution in [2.75, 3.05) is 5.73 Å². The topological polar surface area (TPSA) is 64.1 Å². The summed E-state index contributed by atoms with van der Waals surface area (Å²) in [6, 6.07) is 4.09. The minimum Gasteiger partial charge on any atom is -0.398 e. The summed E-state index contributed by atoms with van der Waals surface area (Å²) in [5.74, 6) is 5.14. The van der Waals surface area contributed by atoms with Crippen LogP contribution in [0.1, 0.15) is 31.4 Å². The molecule has 5 N–H and O–H groups in total. The Balaban J connectivity index is 2.94. The zero-order valence-corrected chi connectivity index (χ0v) is 9.46. The second-order valence-electron chi connectivity index (χ2n) is 3.80. The van der Waals surface area contributed by atoms with Crippen molar-refractivity contribution >= 4 is 5.69 Å². The lowest BCUT2D eigenvalue weighted by Crippen LogP contribution is -2.29. The van der Waals surface area contributed by atoms with E-state index < -0.39 is 0 Å². The van der Waals surface area contributed by atoms with Crippen LogP contribution in [0.2, 0.25) is 0 Å². The number of hydrogen-bond acceptors (Lipinski definition) is 3. The summed E-state index contributed by atoms with van der Waals surface area (Å²) in [7, 11) is 0. The third-order valence-corrected chi connectivity index (χ3v) is 2.62. The predicted molar refractivity (Wildman–Crippen MR) is 64.9 cm³/mol. The first-order valence-electron chi connectivity index (χ1n) is 5.26. The van der Waals surface area contributed by atoms with Crippen LogP contribution in [0.25, 0.3) is 0 Å². The molecule has 0 aromatic heterocycles. The van der Waals surface area contributed by atoms with Gasteiger partial charge in [0, 0.05) is 5.69 Å². The van der Waals surface area contributed by atoms with E-state index in [4.69, 9.17) is 11.6 Å². The molecule has 0 aliphatic heterocycles. The Morgan fingerprint density at radius 2 is 2.25 bits per heavy atom. The molecule has 1 aromatic rings.